The van der Waals surface area contributed by atoms with E-state index in [1.165, 1.54) is 6.07 Å². The number of rotatable bonds is 5. The summed E-state index contributed by atoms with van der Waals surface area (Å²) in [5, 5.41) is 5.43. The maximum absolute atomic E-state index is 13.4. The molecule has 1 aliphatic rings. The van der Waals surface area contributed by atoms with Crippen molar-refractivity contribution in [1.82, 2.24) is 10.6 Å². The van der Waals surface area contributed by atoms with Gasteiger partial charge in [0, 0.05) is 37.4 Å². The topological polar surface area (TPSA) is 75.3 Å². The zero-order valence-electron chi connectivity index (χ0n) is 14.0. The van der Waals surface area contributed by atoms with Crippen molar-refractivity contribution in [3.05, 3.63) is 35.1 Å². The molecule has 0 radical (unpaired) electrons. The zero-order chi connectivity index (χ0) is 17.7. The van der Waals surface area contributed by atoms with Crippen molar-refractivity contribution in [3.63, 3.8) is 0 Å². The number of carbonyl (C=O) groups is 3. The summed E-state index contributed by atoms with van der Waals surface area (Å²) < 4.78 is 13.4. The van der Waals surface area contributed by atoms with Crippen LogP contribution in [0.4, 0.5) is 4.39 Å². The van der Waals surface area contributed by atoms with Gasteiger partial charge in [-0.1, -0.05) is 13.0 Å². The highest BCUT2D eigenvalue weighted by Gasteiger charge is 2.30. The molecule has 2 N–H and O–H groups in total. The Morgan fingerprint density at radius 1 is 1.25 bits per heavy atom. The van der Waals surface area contributed by atoms with Crippen LogP contribution in [0.5, 0.6) is 0 Å². The first-order chi connectivity index (χ1) is 11.4. The summed E-state index contributed by atoms with van der Waals surface area (Å²) in [5.74, 6) is -0.757. The monoisotopic (exact) mass is 334 g/mol. The van der Waals surface area contributed by atoms with Gasteiger partial charge in [-0.2, -0.15) is 0 Å². The number of hydrogen-bond acceptors (Lipinski definition) is 3. The van der Waals surface area contributed by atoms with Gasteiger partial charge in [-0.15, -0.1) is 0 Å². The molecule has 130 valence electrons. The molecule has 1 aromatic carbocycles. The Kier molecular flexibility index (Phi) is 6.06. The molecule has 0 unspecified atom stereocenters. The molecule has 1 aromatic rings. The Morgan fingerprint density at radius 2 is 1.96 bits per heavy atom. The van der Waals surface area contributed by atoms with Gasteiger partial charge in [0.05, 0.1) is 0 Å². The maximum Gasteiger partial charge on any atom is 0.251 e. The minimum absolute atomic E-state index is 0.0522. The first kappa shape index (κ1) is 18.1. The van der Waals surface area contributed by atoms with Crippen LogP contribution in [0, 0.1) is 24.6 Å². The van der Waals surface area contributed by atoms with Crippen LogP contribution in [0.15, 0.2) is 18.2 Å². The quantitative estimate of drug-likeness (QED) is 0.809. The first-order valence-corrected chi connectivity index (χ1v) is 8.22. The minimum atomic E-state index is -0.420. The molecular weight excluding hydrogens is 311 g/mol. The molecule has 5 nitrogen and oxygen atoms in total. The highest BCUT2D eigenvalue weighted by atomic mass is 19.1. The summed E-state index contributed by atoms with van der Waals surface area (Å²) in [7, 11) is 0. The number of hydrogen-bond donors (Lipinski definition) is 2. The number of Topliss-reactive ketones (excluding diaryl/α,β-unsaturated/α-hetero) is 1. The van der Waals surface area contributed by atoms with Crippen molar-refractivity contribution in [2.24, 2.45) is 11.8 Å². The lowest BCUT2D eigenvalue weighted by atomic mass is 9.79. The Bertz CT molecular complexity index is 645. The molecule has 1 fully saturated rings. The van der Waals surface area contributed by atoms with Gasteiger partial charge in [0.2, 0.25) is 5.91 Å². The van der Waals surface area contributed by atoms with E-state index in [4.69, 9.17) is 0 Å². The third-order valence-electron chi connectivity index (χ3n) is 4.45. The van der Waals surface area contributed by atoms with Gasteiger partial charge >= 0.3 is 0 Å². The predicted molar refractivity (Wildman–Crippen MR) is 88.0 cm³/mol. The van der Waals surface area contributed by atoms with E-state index in [0.29, 0.717) is 31.4 Å². The number of nitrogens with one attached hydrogen (secondary N) is 2. The molecule has 0 aliphatic heterocycles. The molecule has 1 saturated carbocycles. The van der Waals surface area contributed by atoms with E-state index in [9.17, 15) is 18.8 Å². The number of aryl methyl sites for hydroxylation is 1. The summed E-state index contributed by atoms with van der Waals surface area (Å²) >= 11 is 0. The van der Waals surface area contributed by atoms with Crippen LogP contribution in [-0.4, -0.2) is 30.7 Å². The van der Waals surface area contributed by atoms with Crippen LogP contribution in [0.2, 0.25) is 0 Å². The fraction of sp³-hybridized carbons (Fsp3) is 0.500. The lowest BCUT2D eigenvalue weighted by Gasteiger charge is -2.26. The molecule has 0 aromatic heterocycles. The maximum atomic E-state index is 13.4. The molecule has 2 atom stereocenters. The number of amides is 2. The van der Waals surface area contributed by atoms with Crippen LogP contribution < -0.4 is 10.6 Å². The average molecular weight is 334 g/mol. The molecule has 2 rings (SSSR count). The molecule has 0 heterocycles. The van der Waals surface area contributed by atoms with Crippen LogP contribution in [-0.2, 0) is 9.59 Å². The Morgan fingerprint density at radius 3 is 2.62 bits per heavy atom. The number of halogens is 1. The highest BCUT2D eigenvalue weighted by Crippen LogP contribution is 2.27. The lowest BCUT2D eigenvalue weighted by Crippen LogP contribution is -2.41. The molecule has 6 heteroatoms. The van der Waals surface area contributed by atoms with Crippen LogP contribution >= 0.6 is 0 Å². The van der Waals surface area contributed by atoms with Gasteiger partial charge in [-0.25, -0.2) is 4.39 Å². The second-order valence-corrected chi connectivity index (χ2v) is 6.38. The largest absolute Gasteiger partial charge is 0.354 e. The molecule has 0 saturated heterocycles. The van der Waals surface area contributed by atoms with Gasteiger partial charge in [-0.3, -0.25) is 14.4 Å². The Balaban J connectivity index is 1.74. The minimum Gasteiger partial charge on any atom is -0.354 e. The Labute approximate surface area is 141 Å². The van der Waals surface area contributed by atoms with Crippen LogP contribution in [0.1, 0.15) is 42.1 Å². The number of carbonyl (C=O) groups excluding carboxylic acids is 3. The molecule has 1 aliphatic carbocycles. The number of benzene rings is 1. The second-order valence-electron chi connectivity index (χ2n) is 6.38. The first-order valence-electron chi connectivity index (χ1n) is 8.22. The van der Waals surface area contributed by atoms with Crippen molar-refractivity contribution in [2.75, 3.05) is 13.1 Å². The van der Waals surface area contributed by atoms with E-state index in [2.05, 4.69) is 10.6 Å². The van der Waals surface area contributed by atoms with Gasteiger partial charge in [0.15, 0.2) is 0 Å². The van der Waals surface area contributed by atoms with Gasteiger partial charge in [-0.05, 0) is 37.0 Å². The molecule has 2 amide bonds. The normalized spacial score (nSPS) is 20.5. The fourth-order valence-corrected chi connectivity index (χ4v) is 2.92. The molecule has 0 bridgehead atoms. The summed E-state index contributed by atoms with van der Waals surface area (Å²) in [5.41, 5.74) is 0.739. The summed E-state index contributed by atoms with van der Waals surface area (Å²) in [6, 6.07) is 4.31. The lowest BCUT2D eigenvalue weighted by molar-refractivity contribution is -0.130. The molecule has 0 spiro atoms. The summed E-state index contributed by atoms with van der Waals surface area (Å²) in [6.45, 7) is 4.11. The van der Waals surface area contributed by atoms with Crippen molar-refractivity contribution in [3.8, 4) is 0 Å². The van der Waals surface area contributed by atoms with E-state index in [1.54, 1.807) is 19.1 Å². The standard InChI is InChI=1S/C18H23FN2O3/c1-11-3-4-13(10-16(11)19)17(23)20-7-8-21-18(24)15-6-5-14(22)9-12(15)2/h3-4,10,12,15H,5-9H2,1-2H3,(H,20,23)(H,21,24)/t12-,15+/m0/s1. The fourth-order valence-electron chi connectivity index (χ4n) is 2.92. The van der Waals surface area contributed by atoms with Gasteiger partial charge in [0.1, 0.15) is 11.6 Å². The van der Waals surface area contributed by atoms with E-state index in [0.717, 1.165) is 0 Å². The van der Waals surface area contributed by atoms with Crippen LogP contribution in [0.25, 0.3) is 0 Å². The molecular formula is C18H23FN2O3. The van der Waals surface area contributed by atoms with Crippen molar-refractivity contribution < 1.29 is 18.8 Å². The second kappa shape index (κ2) is 8.04. The van der Waals surface area contributed by atoms with E-state index in [-0.39, 0.29) is 41.5 Å². The van der Waals surface area contributed by atoms with Crippen molar-refractivity contribution >= 4 is 17.6 Å². The SMILES string of the molecule is Cc1ccc(C(=O)NCCNC(=O)[C@@H]2CCC(=O)C[C@@H]2C)cc1F. The summed E-state index contributed by atoms with van der Waals surface area (Å²) in [6.07, 6.45) is 1.49. The Hall–Kier alpha value is -2.24. The van der Waals surface area contributed by atoms with Gasteiger partial charge in [0.25, 0.3) is 5.91 Å². The summed E-state index contributed by atoms with van der Waals surface area (Å²) in [4.78, 5) is 35.4. The smallest absolute Gasteiger partial charge is 0.251 e. The third kappa shape index (κ3) is 4.63. The van der Waals surface area contributed by atoms with E-state index < -0.39 is 5.82 Å². The zero-order valence-corrected chi connectivity index (χ0v) is 14.0. The third-order valence-corrected chi connectivity index (χ3v) is 4.45. The van der Waals surface area contributed by atoms with Crippen molar-refractivity contribution in [2.45, 2.75) is 33.1 Å². The average Bonchev–Trinajstić information content (AvgIpc) is 2.53. The van der Waals surface area contributed by atoms with Crippen molar-refractivity contribution in [1.29, 1.82) is 0 Å². The highest BCUT2D eigenvalue weighted by molar-refractivity contribution is 5.94. The number of ketones is 1. The van der Waals surface area contributed by atoms with E-state index >= 15 is 0 Å². The van der Waals surface area contributed by atoms with Crippen LogP contribution in [0.3, 0.4) is 0 Å². The van der Waals surface area contributed by atoms with E-state index in [1.807, 2.05) is 6.92 Å². The molecule has 24 heavy (non-hydrogen) atoms. The predicted octanol–water partition coefficient (Wildman–Crippen LogP) is 1.99. The van der Waals surface area contributed by atoms with Gasteiger partial charge < -0.3 is 10.6 Å².